The Kier molecular flexibility index (Phi) is 2.18. The Morgan fingerprint density at radius 1 is 1.25 bits per heavy atom. The highest BCUT2D eigenvalue weighted by Crippen LogP contribution is 2.47. The zero-order chi connectivity index (χ0) is 11.0. The zero-order valence-electron chi connectivity index (χ0n) is 9.32. The first kappa shape index (κ1) is 9.79. The molecule has 1 fully saturated rings. The highest BCUT2D eigenvalue weighted by Gasteiger charge is 2.41. The lowest BCUT2D eigenvalue weighted by Gasteiger charge is -2.13. The van der Waals surface area contributed by atoms with Gasteiger partial charge < -0.3 is 5.73 Å². The van der Waals surface area contributed by atoms with Crippen LogP contribution in [-0.4, -0.2) is 11.5 Å². The fourth-order valence-corrected chi connectivity index (χ4v) is 2.38. The van der Waals surface area contributed by atoms with Crippen LogP contribution in [0.2, 0.25) is 0 Å². The first-order chi connectivity index (χ1) is 7.83. The lowest BCUT2D eigenvalue weighted by atomic mass is 9.93. The van der Waals surface area contributed by atoms with E-state index in [0.29, 0.717) is 5.41 Å². The number of nitrogens with two attached hydrogens (primary N) is 1. The SMILES string of the molecule is NCC1(Cc2cccc3cnccc23)CC1. The lowest BCUT2D eigenvalue weighted by molar-refractivity contribution is 0.523. The lowest BCUT2D eigenvalue weighted by Crippen LogP contribution is -2.18. The molecule has 16 heavy (non-hydrogen) atoms. The molecule has 1 saturated carbocycles. The van der Waals surface area contributed by atoms with Gasteiger partial charge in [0.2, 0.25) is 0 Å². The monoisotopic (exact) mass is 212 g/mol. The van der Waals surface area contributed by atoms with E-state index in [4.69, 9.17) is 5.73 Å². The van der Waals surface area contributed by atoms with Crippen molar-refractivity contribution in [3.05, 3.63) is 42.2 Å². The Bertz CT molecular complexity index is 510. The van der Waals surface area contributed by atoms with Crippen molar-refractivity contribution in [1.29, 1.82) is 0 Å². The average Bonchev–Trinajstić information content (AvgIpc) is 3.10. The highest BCUT2D eigenvalue weighted by atomic mass is 14.7. The first-order valence-electron chi connectivity index (χ1n) is 5.85. The van der Waals surface area contributed by atoms with E-state index in [2.05, 4.69) is 29.2 Å². The molecule has 1 aromatic heterocycles. The first-order valence-corrected chi connectivity index (χ1v) is 5.85. The molecule has 2 N–H and O–H groups in total. The third-order valence-corrected chi connectivity index (χ3v) is 3.73. The number of benzene rings is 1. The number of hydrogen-bond donors (Lipinski definition) is 1. The van der Waals surface area contributed by atoms with Gasteiger partial charge in [-0.1, -0.05) is 18.2 Å². The summed E-state index contributed by atoms with van der Waals surface area (Å²) < 4.78 is 0. The summed E-state index contributed by atoms with van der Waals surface area (Å²) in [6, 6.07) is 8.56. The summed E-state index contributed by atoms with van der Waals surface area (Å²) >= 11 is 0. The van der Waals surface area contributed by atoms with E-state index >= 15 is 0 Å². The third kappa shape index (κ3) is 1.59. The number of hydrogen-bond acceptors (Lipinski definition) is 2. The van der Waals surface area contributed by atoms with Crippen molar-refractivity contribution < 1.29 is 0 Å². The minimum atomic E-state index is 0.400. The predicted octanol–water partition coefficient (Wildman–Crippen LogP) is 2.52. The molecule has 0 radical (unpaired) electrons. The van der Waals surface area contributed by atoms with Gasteiger partial charge in [-0.2, -0.15) is 0 Å². The Balaban J connectivity index is 2.03. The Morgan fingerprint density at radius 2 is 2.12 bits per heavy atom. The second-order valence-electron chi connectivity index (χ2n) is 4.89. The molecule has 1 aliphatic carbocycles. The maximum Gasteiger partial charge on any atom is 0.0346 e. The standard InChI is InChI=1S/C14H16N2/c15-10-14(5-6-14)8-11-2-1-3-12-9-16-7-4-13(11)12/h1-4,7,9H,5-6,8,10,15H2. The highest BCUT2D eigenvalue weighted by molar-refractivity contribution is 5.84. The fourth-order valence-electron chi connectivity index (χ4n) is 2.38. The molecular formula is C14H16N2. The molecule has 0 atom stereocenters. The summed E-state index contributed by atoms with van der Waals surface area (Å²) in [6.07, 6.45) is 7.48. The van der Waals surface area contributed by atoms with Crippen LogP contribution in [0.1, 0.15) is 18.4 Å². The Labute approximate surface area is 95.5 Å². The number of aromatic nitrogens is 1. The summed E-state index contributed by atoms with van der Waals surface area (Å²) in [7, 11) is 0. The van der Waals surface area contributed by atoms with Crippen LogP contribution in [0, 0.1) is 5.41 Å². The molecule has 2 nitrogen and oxygen atoms in total. The van der Waals surface area contributed by atoms with Crippen molar-refractivity contribution in [3.8, 4) is 0 Å². The smallest absolute Gasteiger partial charge is 0.0346 e. The van der Waals surface area contributed by atoms with Crippen LogP contribution in [0.4, 0.5) is 0 Å². The molecule has 0 amide bonds. The number of nitrogens with zero attached hydrogens (tertiary/aromatic N) is 1. The molecule has 0 spiro atoms. The number of fused-ring (bicyclic) bond motifs is 1. The van der Waals surface area contributed by atoms with Gasteiger partial charge in [-0.15, -0.1) is 0 Å². The van der Waals surface area contributed by atoms with Crippen LogP contribution < -0.4 is 5.73 Å². The quantitative estimate of drug-likeness (QED) is 0.849. The van der Waals surface area contributed by atoms with Crippen molar-refractivity contribution in [2.24, 2.45) is 11.1 Å². The van der Waals surface area contributed by atoms with Gasteiger partial charge in [0.15, 0.2) is 0 Å². The maximum absolute atomic E-state index is 5.85. The fraction of sp³-hybridized carbons (Fsp3) is 0.357. The molecular weight excluding hydrogens is 196 g/mol. The Morgan fingerprint density at radius 3 is 2.88 bits per heavy atom. The van der Waals surface area contributed by atoms with Crippen molar-refractivity contribution in [1.82, 2.24) is 4.98 Å². The normalized spacial score (nSPS) is 17.6. The van der Waals surface area contributed by atoms with Crippen LogP contribution in [0.15, 0.2) is 36.7 Å². The van der Waals surface area contributed by atoms with Gasteiger partial charge in [0.1, 0.15) is 0 Å². The van der Waals surface area contributed by atoms with Gasteiger partial charge in [0.25, 0.3) is 0 Å². The summed E-state index contributed by atoms with van der Waals surface area (Å²) in [5.41, 5.74) is 7.67. The molecule has 0 unspecified atom stereocenters. The van der Waals surface area contributed by atoms with Gasteiger partial charge in [0.05, 0.1) is 0 Å². The minimum Gasteiger partial charge on any atom is -0.330 e. The summed E-state index contributed by atoms with van der Waals surface area (Å²) in [5, 5.41) is 2.56. The van der Waals surface area contributed by atoms with Crippen LogP contribution >= 0.6 is 0 Å². The predicted molar refractivity (Wildman–Crippen MR) is 66.2 cm³/mol. The van der Waals surface area contributed by atoms with Crippen molar-refractivity contribution in [3.63, 3.8) is 0 Å². The molecule has 0 bridgehead atoms. The van der Waals surface area contributed by atoms with E-state index < -0.39 is 0 Å². The maximum atomic E-state index is 5.85. The average molecular weight is 212 g/mol. The summed E-state index contributed by atoms with van der Waals surface area (Å²) in [6.45, 7) is 0.814. The molecule has 1 heterocycles. The summed E-state index contributed by atoms with van der Waals surface area (Å²) in [5.74, 6) is 0. The summed E-state index contributed by atoms with van der Waals surface area (Å²) in [4.78, 5) is 4.16. The van der Waals surface area contributed by atoms with E-state index in [1.807, 2.05) is 12.4 Å². The van der Waals surface area contributed by atoms with E-state index in [1.54, 1.807) is 0 Å². The van der Waals surface area contributed by atoms with E-state index in [1.165, 1.54) is 29.2 Å². The van der Waals surface area contributed by atoms with Crippen LogP contribution in [0.25, 0.3) is 10.8 Å². The topological polar surface area (TPSA) is 38.9 Å². The van der Waals surface area contributed by atoms with Gasteiger partial charge in [0, 0.05) is 17.8 Å². The molecule has 2 heteroatoms. The third-order valence-electron chi connectivity index (χ3n) is 3.73. The van der Waals surface area contributed by atoms with E-state index in [9.17, 15) is 0 Å². The Hall–Kier alpha value is -1.41. The zero-order valence-corrected chi connectivity index (χ0v) is 9.32. The molecule has 0 saturated heterocycles. The molecule has 3 rings (SSSR count). The second-order valence-corrected chi connectivity index (χ2v) is 4.89. The second kappa shape index (κ2) is 3.56. The molecule has 0 aliphatic heterocycles. The van der Waals surface area contributed by atoms with Crippen LogP contribution in [-0.2, 0) is 6.42 Å². The van der Waals surface area contributed by atoms with E-state index in [0.717, 1.165) is 13.0 Å². The van der Waals surface area contributed by atoms with Crippen LogP contribution in [0.5, 0.6) is 0 Å². The van der Waals surface area contributed by atoms with Crippen molar-refractivity contribution in [2.75, 3.05) is 6.54 Å². The molecule has 2 aromatic rings. The van der Waals surface area contributed by atoms with Gasteiger partial charge in [-0.25, -0.2) is 0 Å². The molecule has 1 aromatic carbocycles. The van der Waals surface area contributed by atoms with Gasteiger partial charge in [-0.05, 0) is 48.2 Å². The van der Waals surface area contributed by atoms with Gasteiger partial charge in [-0.3, -0.25) is 4.98 Å². The van der Waals surface area contributed by atoms with Gasteiger partial charge >= 0.3 is 0 Å². The minimum absolute atomic E-state index is 0.400. The van der Waals surface area contributed by atoms with E-state index in [-0.39, 0.29) is 0 Å². The van der Waals surface area contributed by atoms with Crippen LogP contribution in [0.3, 0.4) is 0 Å². The van der Waals surface area contributed by atoms with Crippen molar-refractivity contribution in [2.45, 2.75) is 19.3 Å². The number of rotatable bonds is 3. The number of pyridine rings is 1. The van der Waals surface area contributed by atoms with Crippen molar-refractivity contribution >= 4 is 10.8 Å². The molecule has 82 valence electrons. The molecule has 1 aliphatic rings. The largest absolute Gasteiger partial charge is 0.330 e.